The number of hydrogen-bond donors (Lipinski definition) is 0. The van der Waals surface area contributed by atoms with E-state index in [2.05, 4.69) is 158 Å². The van der Waals surface area contributed by atoms with Crippen LogP contribution in [0.4, 0.5) is 0 Å². The molecular weight excluding hydrogens is 685 g/mol. The SMILES string of the molecule is c1ccc(-c2ccc(-c3cc(-c4ccccc4)nc(-c4cc(-c5ccc6oc7ccccc7c6c5)ccc4-c4ccc5oc6ccccc6c5c4)n3)cc2)cc1. The lowest BCUT2D eigenvalue weighted by atomic mass is 9.93. The van der Waals surface area contributed by atoms with Crippen LogP contribution < -0.4 is 0 Å². The first-order valence-electron chi connectivity index (χ1n) is 18.8. The molecule has 262 valence electrons. The molecule has 0 saturated heterocycles. The molecule has 0 radical (unpaired) electrons. The van der Waals surface area contributed by atoms with Crippen LogP contribution >= 0.6 is 0 Å². The average Bonchev–Trinajstić information content (AvgIpc) is 3.84. The second-order valence-corrected chi connectivity index (χ2v) is 14.2. The molecule has 4 heteroatoms. The van der Waals surface area contributed by atoms with Gasteiger partial charge in [0.15, 0.2) is 5.82 Å². The van der Waals surface area contributed by atoms with Crippen molar-refractivity contribution in [2.45, 2.75) is 0 Å². The van der Waals surface area contributed by atoms with E-state index in [-0.39, 0.29) is 0 Å². The van der Waals surface area contributed by atoms with Crippen LogP contribution in [0.25, 0.3) is 111 Å². The van der Waals surface area contributed by atoms with E-state index < -0.39 is 0 Å². The summed E-state index contributed by atoms with van der Waals surface area (Å²) in [5.74, 6) is 0.650. The van der Waals surface area contributed by atoms with E-state index in [0.717, 1.165) is 99.8 Å². The van der Waals surface area contributed by atoms with Crippen molar-refractivity contribution in [1.29, 1.82) is 0 Å². The molecule has 0 unspecified atom stereocenters. The third kappa shape index (κ3) is 5.55. The molecular formula is C52H32N2O2. The maximum atomic E-state index is 6.23. The number of hydrogen-bond acceptors (Lipinski definition) is 4. The third-order valence-corrected chi connectivity index (χ3v) is 10.7. The molecule has 0 atom stereocenters. The Labute approximate surface area is 323 Å². The van der Waals surface area contributed by atoms with Crippen LogP contribution in [0.2, 0.25) is 0 Å². The lowest BCUT2D eigenvalue weighted by Crippen LogP contribution is -1.98. The Hall–Kier alpha value is -7.56. The highest BCUT2D eigenvalue weighted by molar-refractivity contribution is 6.08. The fraction of sp³-hybridized carbons (Fsp3) is 0. The maximum absolute atomic E-state index is 6.23. The molecule has 4 nitrogen and oxygen atoms in total. The van der Waals surface area contributed by atoms with Crippen molar-refractivity contribution in [3.63, 3.8) is 0 Å². The molecule has 0 N–H and O–H groups in total. The molecule has 0 amide bonds. The number of benzene rings is 8. The van der Waals surface area contributed by atoms with Gasteiger partial charge in [-0.25, -0.2) is 9.97 Å². The van der Waals surface area contributed by atoms with Gasteiger partial charge in [-0.2, -0.15) is 0 Å². The maximum Gasteiger partial charge on any atom is 0.161 e. The molecule has 8 aromatic carbocycles. The molecule has 0 fully saturated rings. The van der Waals surface area contributed by atoms with Crippen LogP contribution in [0.15, 0.2) is 203 Å². The van der Waals surface area contributed by atoms with Crippen molar-refractivity contribution in [3.05, 3.63) is 194 Å². The molecule has 0 bridgehead atoms. The Morgan fingerprint density at radius 1 is 0.268 bits per heavy atom. The minimum absolute atomic E-state index is 0.650. The minimum Gasteiger partial charge on any atom is -0.456 e. The first-order valence-corrected chi connectivity index (χ1v) is 18.8. The lowest BCUT2D eigenvalue weighted by Gasteiger charge is -2.15. The number of nitrogens with zero attached hydrogens (tertiary/aromatic N) is 2. The van der Waals surface area contributed by atoms with Gasteiger partial charge in [0.05, 0.1) is 11.4 Å². The van der Waals surface area contributed by atoms with Crippen molar-refractivity contribution in [2.75, 3.05) is 0 Å². The zero-order valence-corrected chi connectivity index (χ0v) is 30.2. The number of fused-ring (bicyclic) bond motifs is 6. The summed E-state index contributed by atoms with van der Waals surface area (Å²) in [7, 11) is 0. The van der Waals surface area contributed by atoms with Crippen molar-refractivity contribution >= 4 is 43.9 Å². The van der Waals surface area contributed by atoms with E-state index in [1.165, 1.54) is 5.56 Å². The van der Waals surface area contributed by atoms with Crippen LogP contribution in [-0.4, -0.2) is 9.97 Å². The molecule has 56 heavy (non-hydrogen) atoms. The Morgan fingerprint density at radius 3 is 1.34 bits per heavy atom. The number of furan rings is 2. The summed E-state index contributed by atoms with van der Waals surface area (Å²) >= 11 is 0. The first kappa shape index (κ1) is 31.9. The highest BCUT2D eigenvalue weighted by Gasteiger charge is 2.18. The molecule has 11 aromatic rings. The van der Waals surface area contributed by atoms with Gasteiger partial charge >= 0.3 is 0 Å². The van der Waals surface area contributed by atoms with Gasteiger partial charge in [0.25, 0.3) is 0 Å². The monoisotopic (exact) mass is 716 g/mol. The Bertz CT molecular complexity index is 3230. The Morgan fingerprint density at radius 2 is 0.696 bits per heavy atom. The summed E-state index contributed by atoms with van der Waals surface area (Å²) in [4.78, 5) is 10.7. The molecule has 0 spiro atoms. The molecule has 3 heterocycles. The summed E-state index contributed by atoms with van der Waals surface area (Å²) in [6, 6.07) is 67.5. The topological polar surface area (TPSA) is 52.1 Å². The van der Waals surface area contributed by atoms with Gasteiger partial charge in [0, 0.05) is 38.2 Å². The molecule has 0 saturated carbocycles. The number of para-hydroxylation sites is 2. The van der Waals surface area contributed by atoms with E-state index >= 15 is 0 Å². The van der Waals surface area contributed by atoms with Gasteiger partial charge in [-0.3, -0.25) is 0 Å². The van der Waals surface area contributed by atoms with Gasteiger partial charge < -0.3 is 8.83 Å². The fourth-order valence-corrected chi connectivity index (χ4v) is 7.90. The largest absolute Gasteiger partial charge is 0.456 e. The van der Waals surface area contributed by atoms with E-state index in [9.17, 15) is 0 Å². The molecule has 0 aliphatic carbocycles. The molecule has 3 aromatic heterocycles. The van der Waals surface area contributed by atoms with Crippen molar-refractivity contribution in [3.8, 4) is 67.3 Å². The van der Waals surface area contributed by atoms with Gasteiger partial charge in [-0.05, 0) is 81.9 Å². The average molecular weight is 717 g/mol. The van der Waals surface area contributed by atoms with E-state index in [1.807, 2.05) is 36.4 Å². The second kappa shape index (κ2) is 13.1. The minimum atomic E-state index is 0.650. The summed E-state index contributed by atoms with van der Waals surface area (Å²) in [5, 5.41) is 4.35. The van der Waals surface area contributed by atoms with Crippen molar-refractivity contribution in [2.24, 2.45) is 0 Å². The zero-order valence-electron chi connectivity index (χ0n) is 30.2. The predicted octanol–water partition coefficient (Wildman–Crippen LogP) is 14.3. The zero-order chi connectivity index (χ0) is 37.0. The van der Waals surface area contributed by atoms with Crippen LogP contribution in [0, 0.1) is 0 Å². The van der Waals surface area contributed by atoms with Gasteiger partial charge in [-0.15, -0.1) is 0 Å². The second-order valence-electron chi connectivity index (χ2n) is 14.2. The molecule has 0 aliphatic rings. The van der Waals surface area contributed by atoms with Crippen LogP contribution in [-0.2, 0) is 0 Å². The van der Waals surface area contributed by atoms with E-state index in [4.69, 9.17) is 18.8 Å². The van der Waals surface area contributed by atoms with Crippen LogP contribution in [0.1, 0.15) is 0 Å². The summed E-state index contributed by atoms with van der Waals surface area (Å²) in [5.41, 5.74) is 14.8. The lowest BCUT2D eigenvalue weighted by molar-refractivity contribution is 0.668. The summed E-state index contributed by atoms with van der Waals surface area (Å²) in [6.45, 7) is 0. The molecule has 0 aliphatic heterocycles. The van der Waals surface area contributed by atoms with Crippen molar-refractivity contribution in [1.82, 2.24) is 9.97 Å². The first-order chi connectivity index (χ1) is 27.7. The number of aromatic nitrogens is 2. The Kier molecular flexibility index (Phi) is 7.46. The van der Waals surface area contributed by atoms with Gasteiger partial charge in [-0.1, -0.05) is 146 Å². The molecule has 11 rings (SSSR count). The van der Waals surface area contributed by atoms with Gasteiger partial charge in [0.2, 0.25) is 0 Å². The smallest absolute Gasteiger partial charge is 0.161 e. The van der Waals surface area contributed by atoms with Crippen LogP contribution in [0.3, 0.4) is 0 Å². The fourth-order valence-electron chi connectivity index (χ4n) is 7.90. The van der Waals surface area contributed by atoms with Crippen LogP contribution in [0.5, 0.6) is 0 Å². The quantitative estimate of drug-likeness (QED) is 0.172. The highest BCUT2D eigenvalue weighted by atomic mass is 16.3. The van der Waals surface area contributed by atoms with E-state index in [1.54, 1.807) is 0 Å². The standard InChI is InChI=1S/C52H32N2O2/c1-3-11-33(12-4-1)34-19-21-36(22-20-34)47-32-46(35-13-5-2-6-14-35)53-52(54-47)45-30-37(38-24-27-50-43(29-38)41-15-7-9-17-48(41)55-50)23-26-40(45)39-25-28-51-44(31-39)42-16-8-10-18-49(42)56-51/h1-32H. The third-order valence-electron chi connectivity index (χ3n) is 10.7. The summed E-state index contributed by atoms with van der Waals surface area (Å²) in [6.07, 6.45) is 0. The van der Waals surface area contributed by atoms with E-state index in [0.29, 0.717) is 5.82 Å². The highest BCUT2D eigenvalue weighted by Crippen LogP contribution is 2.40. The predicted molar refractivity (Wildman–Crippen MR) is 229 cm³/mol. The Balaban J connectivity index is 1.13. The normalized spacial score (nSPS) is 11.6. The summed E-state index contributed by atoms with van der Waals surface area (Å²) < 4.78 is 12.4. The van der Waals surface area contributed by atoms with Gasteiger partial charge in [0.1, 0.15) is 22.3 Å². The number of rotatable bonds is 6. The van der Waals surface area contributed by atoms with Crippen molar-refractivity contribution < 1.29 is 8.83 Å².